The van der Waals surface area contributed by atoms with Gasteiger partial charge in [-0.2, -0.15) is 0 Å². The predicted molar refractivity (Wildman–Crippen MR) is 67.0 cm³/mol. The maximum Gasteiger partial charge on any atom is 0.0205 e. The maximum absolute atomic E-state index is 3.42. The molecule has 0 fully saturated rings. The van der Waals surface area contributed by atoms with Crippen molar-refractivity contribution in [2.75, 3.05) is 6.54 Å². The SMILES string of the molecule is C/C=C/CCNCc1ccc(CC)cc1. The second-order valence-electron chi connectivity index (χ2n) is 3.70. The topological polar surface area (TPSA) is 12.0 Å². The van der Waals surface area contributed by atoms with E-state index in [-0.39, 0.29) is 0 Å². The number of benzene rings is 1. The molecule has 1 heteroatoms. The Morgan fingerprint density at radius 2 is 1.80 bits per heavy atom. The van der Waals surface area contributed by atoms with Gasteiger partial charge < -0.3 is 5.32 Å². The third kappa shape index (κ3) is 4.80. The molecule has 15 heavy (non-hydrogen) atoms. The zero-order valence-electron chi connectivity index (χ0n) is 9.79. The second kappa shape index (κ2) is 7.24. The molecule has 0 aliphatic rings. The summed E-state index contributed by atoms with van der Waals surface area (Å²) in [6, 6.07) is 8.84. The molecule has 0 bridgehead atoms. The Labute approximate surface area is 93.2 Å². The molecule has 0 unspecified atom stereocenters. The summed E-state index contributed by atoms with van der Waals surface area (Å²) < 4.78 is 0. The van der Waals surface area contributed by atoms with Crippen LogP contribution in [0.2, 0.25) is 0 Å². The van der Waals surface area contributed by atoms with E-state index in [1.807, 2.05) is 0 Å². The highest BCUT2D eigenvalue weighted by molar-refractivity contribution is 5.22. The summed E-state index contributed by atoms with van der Waals surface area (Å²) in [5.41, 5.74) is 2.78. The number of allylic oxidation sites excluding steroid dienone is 1. The molecular weight excluding hydrogens is 182 g/mol. The monoisotopic (exact) mass is 203 g/mol. The van der Waals surface area contributed by atoms with Gasteiger partial charge in [0.15, 0.2) is 0 Å². The fourth-order valence-corrected chi connectivity index (χ4v) is 1.48. The van der Waals surface area contributed by atoms with Gasteiger partial charge in [0.1, 0.15) is 0 Å². The normalized spacial score (nSPS) is 11.1. The highest BCUT2D eigenvalue weighted by Crippen LogP contribution is 2.04. The van der Waals surface area contributed by atoms with Gasteiger partial charge in [0.2, 0.25) is 0 Å². The van der Waals surface area contributed by atoms with Crippen molar-refractivity contribution in [3.63, 3.8) is 0 Å². The molecule has 0 aliphatic heterocycles. The summed E-state index contributed by atoms with van der Waals surface area (Å²) >= 11 is 0. The summed E-state index contributed by atoms with van der Waals surface area (Å²) in [5.74, 6) is 0. The van der Waals surface area contributed by atoms with Crippen LogP contribution in [0, 0.1) is 0 Å². The van der Waals surface area contributed by atoms with E-state index in [4.69, 9.17) is 0 Å². The quantitative estimate of drug-likeness (QED) is 0.552. The Kier molecular flexibility index (Phi) is 5.79. The van der Waals surface area contributed by atoms with Gasteiger partial charge in [0.05, 0.1) is 0 Å². The van der Waals surface area contributed by atoms with Crippen molar-refractivity contribution in [3.05, 3.63) is 47.5 Å². The van der Waals surface area contributed by atoms with E-state index in [1.54, 1.807) is 0 Å². The van der Waals surface area contributed by atoms with Crippen molar-refractivity contribution in [1.29, 1.82) is 0 Å². The van der Waals surface area contributed by atoms with Crippen LogP contribution in [-0.4, -0.2) is 6.54 Å². The first-order valence-corrected chi connectivity index (χ1v) is 5.76. The highest BCUT2D eigenvalue weighted by atomic mass is 14.8. The van der Waals surface area contributed by atoms with Gasteiger partial charge in [-0.25, -0.2) is 0 Å². The molecule has 0 heterocycles. The smallest absolute Gasteiger partial charge is 0.0205 e. The average Bonchev–Trinajstić information content (AvgIpc) is 2.30. The molecule has 1 nitrogen and oxygen atoms in total. The van der Waals surface area contributed by atoms with Crippen molar-refractivity contribution in [1.82, 2.24) is 5.32 Å². The molecule has 1 aromatic rings. The predicted octanol–water partition coefficient (Wildman–Crippen LogP) is 3.30. The molecule has 1 aromatic carbocycles. The van der Waals surface area contributed by atoms with Gasteiger partial charge >= 0.3 is 0 Å². The molecule has 0 saturated carbocycles. The Hall–Kier alpha value is -1.08. The lowest BCUT2D eigenvalue weighted by atomic mass is 10.1. The van der Waals surface area contributed by atoms with Crippen molar-refractivity contribution in [2.45, 2.75) is 33.2 Å². The standard InChI is InChI=1S/C14H21N/c1-3-5-6-11-15-12-14-9-7-13(4-2)8-10-14/h3,5,7-10,15H,4,6,11-12H2,1-2H3/b5-3+. The zero-order chi connectivity index (χ0) is 10.9. The fourth-order valence-electron chi connectivity index (χ4n) is 1.48. The number of nitrogens with one attached hydrogen (secondary N) is 1. The van der Waals surface area contributed by atoms with Crippen LogP contribution >= 0.6 is 0 Å². The van der Waals surface area contributed by atoms with E-state index in [0.29, 0.717) is 0 Å². The van der Waals surface area contributed by atoms with E-state index in [1.165, 1.54) is 11.1 Å². The lowest BCUT2D eigenvalue weighted by Crippen LogP contribution is -2.13. The minimum Gasteiger partial charge on any atom is -0.312 e. The zero-order valence-corrected chi connectivity index (χ0v) is 9.79. The van der Waals surface area contributed by atoms with Crippen molar-refractivity contribution in [2.24, 2.45) is 0 Å². The third-order valence-electron chi connectivity index (χ3n) is 2.48. The van der Waals surface area contributed by atoms with Crippen LogP contribution in [0.1, 0.15) is 31.4 Å². The minimum atomic E-state index is 0.974. The maximum atomic E-state index is 3.42. The molecule has 0 radical (unpaired) electrons. The fraction of sp³-hybridized carbons (Fsp3) is 0.429. The number of rotatable bonds is 6. The summed E-state index contributed by atoms with van der Waals surface area (Å²) in [6.07, 6.45) is 6.52. The Balaban J connectivity index is 2.25. The van der Waals surface area contributed by atoms with Gasteiger partial charge in [0.25, 0.3) is 0 Å². The molecule has 0 spiro atoms. The van der Waals surface area contributed by atoms with Gasteiger partial charge in [0, 0.05) is 6.54 Å². The number of hydrogen-bond donors (Lipinski definition) is 1. The van der Waals surface area contributed by atoms with Crippen LogP contribution in [0.5, 0.6) is 0 Å². The van der Waals surface area contributed by atoms with Gasteiger partial charge in [-0.15, -0.1) is 0 Å². The first kappa shape index (κ1) is 12.0. The molecule has 0 aromatic heterocycles. The largest absolute Gasteiger partial charge is 0.312 e. The summed E-state index contributed by atoms with van der Waals surface area (Å²) in [5, 5.41) is 3.42. The van der Waals surface area contributed by atoms with Crippen LogP contribution in [-0.2, 0) is 13.0 Å². The van der Waals surface area contributed by atoms with E-state index in [0.717, 1.165) is 25.9 Å². The van der Waals surface area contributed by atoms with Crippen LogP contribution in [0.3, 0.4) is 0 Å². The van der Waals surface area contributed by atoms with Gasteiger partial charge in [-0.05, 0) is 37.4 Å². The molecular formula is C14H21N. The van der Waals surface area contributed by atoms with Crippen molar-refractivity contribution in [3.8, 4) is 0 Å². The van der Waals surface area contributed by atoms with Crippen LogP contribution < -0.4 is 5.32 Å². The molecule has 1 N–H and O–H groups in total. The van der Waals surface area contributed by atoms with E-state index >= 15 is 0 Å². The summed E-state index contributed by atoms with van der Waals surface area (Å²) in [4.78, 5) is 0. The number of hydrogen-bond acceptors (Lipinski definition) is 1. The van der Waals surface area contributed by atoms with Crippen molar-refractivity contribution < 1.29 is 0 Å². The van der Waals surface area contributed by atoms with Crippen LogP contribution in [0.4, 0.5) is 0 Å². The Morgan fingerprint density at radius 1 is 1.13 bits per heavy atom. The second-order valence-corrected chi connectivity index (χ2v) is 3.70. The van der Waals surface area contributed by atoms with Crippen LogP contribution in [0.25, 0.3) is 0 Å². The van der Waals surface area contributed by atoms with Crippen LogP contribution in [0.15, 0.2) is 36.4 Å². The Morgan fingerprint density at radius 3 is 2.40 bits per heavy atom. The molecule has 82 valence electrons. The summed E-state index contributed by atoms with van der Waals surface area (Å²) in [7, 11) is 0. The third-order valence-corrected chi connectivity index (χ3v) is 2.48. The highest BCUT2D eigenvalue weighted by Gasteiger charge is 1.92. The molecule has 0 aliphatic carbocycles. The molecule has 0 amide bonds. The van der Waals surface area contributed by atoms with Crippen molar-refractivity contribution >= 4 is 0 Å². The van der Waals surface area contributed by atoms with E-state index in [2.05, 4.69) is 55.6 Å². The number of aryl methyl sites for hydroxylation is 1. The Bertz CT molecular complexity index is 285. The van der Waals surface area contributed by atoms with E-state index in [9.17, 15) is 0 Å². The summed E-state index contributed by atoms with van der Waals surface area (Å²) in [6.45, 7) is 6.27. The molecule has 0 saturated heterocycles. The minimum absolute atomic E-state index is 0.974. The molecule has 0 atom stereocenters. The van der Waals surface area contributed by atoms with Gasteiger partial charge in [-0.1, -0.05) is 43.3 Å². The lowest BCUT2D eigenvalue weighted by Gasteiger charge is -2.04. The van der Waals surface area contributed by atoms with E-state index < -0.39 is 0 Å². The average molecular weight is 203 g/mol. The van der Waals surface area contributed by atoms with Gasteiger partial charge in [-0.3, -0.25) is 0 Å². The lowest BCUT2D eigenvalue weighted by molar-refractivity contribution is 0.695. The molecule has 1 rings (SSSR count). The first-order valence-electron chi connectivity index (χ1n) is 5.76. The first-order chi connectivity index (χ1) is 7.36.